The SMILES string of the molecule is CN=C(N[C@H]1CCCN(C(=O)CNc2ccccc2C(F)(F)F)C1)c1cc[nH]c1N. The molecule has 10 heteroatoms. The Hall–Kier alpha value is -3.17. The average Bonchev–Trinajstić information content (AvgIpc) is 3.15. The van der Waals surface area contributed by atoms with E-state index in [0.717, 1.165) is 24.5 Å². The fraction of sp³-hybridized carbons (Fsp3) is 0.400. The molecule has 7 nitrogen and oxygen atoms in total. The number of benzene rings is 1. The number of likely N-dealkylation sites (tertiary alicyclic amines) is 1. The molecule has 0 spiro atoms. The monoisotopic (exact) mass is 422 g/mol. The largest absolute Gasteiger partial charge is 0.418 e. The van der Waals surface area contributed by atoms with Gasteiger partial charge in [0, 0.05) is 38.1 Å². The summed E-state index contributed by atoms with van der Waals surface area (Å²) in [6.07, 6.45) is -1.14. The number of halogens is 3. The highest BCUT2D eigenvalue weighted by molar-refractivity contribution is 6.02. The van der Waals surface area contributed by atoms with E-state index in [1.807, 2.05) is 6.07 Å². The minimum atomic E-state index is -4.48. The van der Waals surface area contributed by atoms with Crippen molar-refractivity contribution < 1.29 is 18.0 Å². The maximum Gasteiger partial charge on any atom is 0.418 e. The highest BCUT2D eigenvalue weighted by atomic mass is 19.4. The van der Waals surface area contributed by atoms with E-state index in [4.69, 9.17) is 5.73 Å². The molecule has 0 bridgehead atoms. The van der Waals surface area contributed by atoms with Crippen LogP contribution in [0.4, 0.5) is 24.7 Å². The van der Waals surface area contributed by atoms with Crippen molar-refractivity contribution >= 4 is 23.2 Å². The molecule has 1 aliphatic rings. The highest BCUT2D eigenvalue weighted by Gasteiger charge is 2.33. The van der Waals surface area contributed by atoms with Gasteiger partial charge >= 0.3 is 6.18 Å². The molecule has 1 fully saturated rings. The fourth-order valence-corrected chi connectivity index (χ4v) is 3.53. The first kappa shape index (κ1) is 21.5. The normalized spacial score (nSPS) is 17.7. The predicted molar refractivity (Wildman–Crippen MR) is 110 cm³/mol. The Balaban J connectivity index is 1.59. The topological polar surface area (TPSA) is 98.5 Å². The lowest BCUT2D eigenvalue weighted by Gasteiger charge is -2.34. The summed E-state index contributed by atoms with van der Waals surface area (Å²) in [5, 5.41) is 5.96. The summed E-state index contributed by atoms with van der Waals surface area (Å²) >= 11 is 0. The minimum absolute atomic E-state index is 0.0295. The summed E-state index contributed by atoms with van der Waals surface area (Å²) in [6.45, 7) is 0.786. The maximum atomic E-state index is 13.1. The first-order valence-corrected chi connectivity index (χ1v) is 9.64. The number of nitrogens with one attached hydrogen (secondary N) is 3. The van der Waals surface area contributed by atoms with E-state index in [9.17, 15) is 18.0 Å². The summed E-state index contributed by atoms with van der Waals surface area (Å²) in [5.41, 5.74) is 5.77. The van der Waals surface area contributed by atoms with Crippen LogP contribution < -0.4 is 16.4 Å². The van der Waals surface area contributed by atoms with Gasteiger partial charge in [0.25, 0.3) is 0 Å². The first-order valence-electron chi connectivity index (χ1n) is 9.64. The van der Waals surface area contributed by atoms with Crippen LogP contribution >= 0.6 is 0 Å². The van der Waals surface area contributed by atoms with Gasteiger partial charge in [-0.3, -0.25) is 9.79 Å². The van der Waals surface area contributed by atoms with Gasteiger partial charge in [0.15, 0.2) is 0 Å². The maximum absolute atomic E-state index is 13.1. The smallest absolute Gasteiger partial charge is 0.385 e. The van der Waals surface area contributed by atoms with E-state index in [0.29, 0.717) is 24.7 Å². The molecule has 0 radical (unpaired) electrons. The number of aromatic amines is 1. The van der Waals surface area contributed by atoms with E-state index in [2.05, 4.69) is 20.6 Å². The van der Waals surface area contributed by atoms with Crippen molar-refractivity contribution in [2.24, 2.45) is 4.99 Å². The lowest BCUT2D eigenvalue weighted by Crippen LogP contribution is -2.51. The second-order valence-corrected chi connectivity index (χ2v) is 7.10. The molecule has 2 heterocycles. The van der Waals surface area contributed by atoms with Crippen LogP contribution in [0.25, 0.3) is 0 Å². The van der Waals surface area contributed by atoms with Gasteiger partial charge in [-0.15, -0.1) is 0 Å². The number of aromatic nitrogens is 1. The number of aliphatic imine (C=N–C) groups is 1. The van der Waals surface area contributed by atoms with E-state index in [1.54, 1.807) is 18.1 Å². The molecule has 0 unspecified atom stereocenters. The van der Waals surface area contributed by atoms with Gasteiger partial charge < -0.3 is 26.3 Å². The Labute approximate surface area is 172 Å². The molecule has 1 aromatic carbocycles. The Bertz CT molecular complexity index is 908. The third-order valence-corrected chi connectivity index (χ3v) is 5.04. The minimum Gasteiger partial charge on any atom is -0.385 e. The fourth-order valence-electron chi connectivity index (χ4n) is 3.53. The van der Waals surface area contributed by atoms with Crippen LogP contribution in [0.1, 0.15) is 24.0 Å². The molecular formula is C20H25F3N6O. The number of amidine groups is 1. The lowest BCUT2D eigenvalue weighted by atomic mass is 10.0. The van der Waals surface area contributed by atoms with Gasteiger partial charge in [0.05, 0.1) is 17.7 Å². The van der Waals surface area contributed by atoms with Crippen LogP contribution in [-0.2, 0) is 11.0 Å². The van der Waals surface area contributed by atoms with Crippen LogP contribution in [0.3, 0.4) is 0 Å². The molecule has 30 heavy (non-hydrogen) atoms. The number of para-hydroxylation sites is 1. The number of hydrogen-bond acceptors (Lipinski definition) is 4. The Morgan fingerprint density at radius 1 is 1.33 bits per heavy atom. The van der Waals surface area contributed by atoms with Gasteiger partial charge in [-0.05, 0) is 31.0 Å². The summed E-state index contributed by atoms with van der Waals surface area (Å²) < 4.78 is 39.3. The molecule has 2 aromatic rings. The number of carbonyl (C=O) groups excluding carboxylic acids is 1. The van der Waals surface area contributed by atoms with E-state index in [1.165, 1.54) is 18.2 Å². The molecule has 1 atom stereocenters. The zero-order chi connectivity index (χ0) is 21.7. The molecule has 0 aliphatic carbocycles. The second-order valence-electron chi connectivity index (χ2n) is 7.10. The average molecular weight is 422 g/mol. The lowest BCUT2D eigenvalue weighted by molar-refractivity contribution is -0.137. The number of nitrogens with two attached hydrogens (primary N) is 1. The summed E-state index contributed by atoms with van der Waals surface area (Å²) in [5.74, 6) is 0.874. The van der Waals surface area contributed by atoms with Crippen molar-refractivity contribution in [1.29, 1.82) is 0 Å². The number of rotatable bonds is 5. The van der Waals surface area contributed by atoms with Crippen LogP contribution in [-0.4, -0.2) is 54.4 Å². The number of amides is 1. The third-order valence-electron chi connectivity index (χ3n) is 5.04. The number of nitrogen functional groups attached to an aromatic ring is 1. The number of nitrogens with zero attached hydrogens (tertiary/aromatic N) is 2. The number of anilines is 2. The summed E-state index contributed by atoms with van der Waals surface area (Å²) in [4.78, 5) is 21.4. The summed E-state index contributed by atoms with van der Waals surface area (Å²) in [6, 6.07) is 6.92. The van der Waals surface area contributed by atoms with Crippen molar-refractivity contribution in [3.8, 4) is 0 Å². The Morgan fingerprint density at radius 2 is 2.10 bits per heavy atom. The molecule has 1 saturated heterocycles. The van der Waals surface area contributed by atoms with Crippen LogP contribution in [0, 0.1) is 0 Å². The van der Waals surface area contributed by atoms with E-state index in [-0.39, 0.29) is 24.2 Å². The standard InChI is InChI=1S/C20H25F3N6O/c1-25-19(14-8-9-26-18(14)24)28-13-5-4-10-29(12-13)17(30)11-27-16-7-3-2-6-15(16)20(21,22)23/h2-3,6-9,13,26-27H,4-5,10-12,24H2,1H3,(H,25,28)/t13-/m0/s1. The quantitative estimate of drug-likeness (QED) is 0.440. The van der Waals surface area contributed by atoms with Crippen molar-refractivity contribution in [2.45, 2.75) is 25.1 Å². The zero-order valence-electron chi connectivity index (χ0n) is 16.6. The van der Waals surface area contributed by atoms with Gasteiger partial charge in [-0.2, -0.15) is 13.2 Å². The van der Waals surface area contributed by atoms with E-state index >= 15 is 0 Å². The van der Waals surface area contributed by atoms with Crippen LogP contribution in [0.2, 0.25) is 0 Å². The number of hydrogen-bond donors (Lipinski definition) is 4. The number of piperidine rings is 1. The van der Waals surface area contributed by atoms with Gasteiger partial charge in [-0.1, -0.05) is 12.1 Å². The van der Waals surface area contributed by atoms with Crippen molar-refractivity contribution in [1.82, 2.24) is 15.2 Å². The van der Waals surface area contributed by atoms with Gasteiger partial charge in [0.2, 0.25) is 5.91 Å². The molecule has 1 aromatic heterocycles. The molecular weight excluding hydrogens is 397 g/mol. The highest BCUT2D eigenvalue weighted by Crippen LogP contribution is 2.34. The zero-order valence-corrected chi connectivity index (χ0v) is 16.6. The molecule has 1 aliphatic heterocycles. The molecule has 5 N–H and O–H groups in total. The van der Waals surface area contributed by atoms with Crippen LogP contribution in [0.15, 0.2) is 41.5 Å². The Kier molecular flexibility index (Phi) is 6.53. The van der Waals surface area contributed by atoms with Crippen molar-refractivity contribution in [3.05, 3.63) is 47.7 Å². The van der Waals surface area contributed by atoms with E-state index < -0.39 is 11.7 Å². The van der Waals surface area contributed by atoms with Gasteiger partial charge in [0.1, 0.15) is 11.7 Å². The Morgan fingerprint density at radius 3 is 2.77 bits per heavy atom. The molecule has 162 valence electrons. The van der Waals surface area contributed by atoms with Gasteiger partial charge in [-0.25, -0.2) is 0 Å². The number of alkyl halides is 3. The molecule has 0 saturated carbocycles. The van der Waals surface area contributed by atoms with Crippen molar-refractivity contribution in [3.63, 3.8) is 0 Å². The number of H-pyrrole nitrogens is 1. The predicted octanol–water partition coefficient (Wildman–Crippen LogP) is 2.68. The second kappa shape index (κ2) is 9.10. The number of carbonyl (C=O) groups is 1. The van der Waals surface area contributed by atoms with Crippen molar-refractivity contribution in [2.75, 3.05) is 37.7 Å². The first-order chi connectivity index (χ1) is 14.3. The summed E-state index contributed by atoms with van der Waals surface area (Å²) in [7, 11) is 1.66. The van der Waals surface area contributed by atoms with Crippen LogP contribution in [0.5, 0.6) is 0 Å². The molecule has 1 amide bonds. The third kappa shape index (κ3) is 5.05. The molecule has 3 rings (SSSR count).